The van der Waals surface area contributed by atoms with E-state index < -0.39 is 11.9 Å². The van der Waals surface area contributed by atoms with Gasteiger partial charge in [0.2, 0.25) is 5.89 Å². The van der Waals surface area contributed by atoms with Gasteiger partial charge in [-0.3, -0.25) is 4.90 Å². The average Bonchev–Trinajstić information content (AvgIpc) is 3.18. The Morgan fingerprint density at radius 3 is 2.92 bits per heavy atom. The molecule has 144 valence electrons. The third-order valence-electron chi connectivity index (χ3n) is 4.40. The van der Waals surface area contributed by atoms with Crippen LogP contribution in [0.1, 0.15) is 29.7 Å². The Bertz CT molecular complexity index is 728. The molecule has 0 aliphatic carbocycles. The third kappa shape index (κ3) is 4.61. The van der Waals surface area contributed by atoms with Crippen molar-refractivity contribution in [2.75, 3.05) is 27.3 Å². The predicted molar refractivity (Wildman–Crippen MR) is 85.3 cm³/mol. The van der Waals surface area contributed by atoms with Crippen molar-refractivity contribution in [1.82, 2.24) is 24.6 Å². The summed E-state index contributed by atoms with van der Waals surface area (Å²) in [6.45, 7) is 2.30. The fraction of sp³-hybridized carbons (Fsp3) is 0.688. The summed E-state index contributed by atoms with van der Waals surface area (Å²) in [6.07, 6.45) is -1.33. The van der Waals surface area contributed by atoms with Crippen LogP contribution in [-0.4, -0.2) is 51.9 Å². The molecule has 0 fully saturated rings. The van der Waals surface area contributed by atoms with Crippen molar-refractivity contribution in [3.63, 3.8) is 0 Å². The fourth-order valence-corrected chi connectivity index (χ4v) is 3.19. The molecule has 0 N–H and O–H groups in total. The van der Waals surface area contributed by atoms with Gasteiger partial charge in [0, 0.05) is 39.2 Å². The first-order chi connectivity index (χ1) is 12.3. The van der Waals surface area contributed by atoms with E-state index in [9.17, 15) is 13.2 Å². The lowest BCUT2D eigenvalue weighted by Gasteiger charge is -2.27. The van der Waals surface area contributed by atoms with Gasteiger partial charge in [-0.1, -0.05) is 5.16 Å². The van der Waals surface area contributed by atoms with Crippen LogP contribution in [0.2, 0.25) is 0 Å². The standard InChI is InChI=1S/C16H22F3N5O2/c1-23(10-15-21-13(22-26-15)5-6-25-2)7-11-3-4-14-20-12(16(17,18)19)9-24(14)8-11/h9,11H,3-8,10H2,1-2H3/t11-/m1/s1. The van der Waals surface area contributed by atoms with Gasteiger partial charge in [-0.15, -0.1) is 0 Å². The van der Waals surface area contributed by atoms with Crippen LogP contribution < -0.4 is 0 Å². The largest absolute Gasteiger partial charge is 0.434 e. The first kappa shape index (κ1) is 18.8. The first-order valence-corrected chi connectivity index (χ1v) is 8.47. The highest BCUT2D eigenvalue weighted by Gasteiger charge is 2.35. The summed E-state index contributed by atoms with van der Waals surface area (Å²) < 4.78 is 50.2. The molecule has 7 nitrogen and oxygen atoms in total. The lowest BCUT2D eigenvalue weighted by atomic mass is 9.99. The smallest absolute Gasteiger partial charge is 0.384 e. The number of hydrogen-bond acceptors (Lipinski definition) is 6. The average molecular weight is 373 g/mol. The van der Waals surface area contributed by atoms with E-state index in [-0.39, 0.29) is 5.92 Å². The zero-order valence-corrected chi connectivity index (χ0v) is 14.8. The Hall–Kier alpha value is -1.94. The molecule has 0 saturated carbocycles. The normalized spacial score (nSPS) is 17.7. The van der Waals surface area contributed by atoms with Gasteiger partial charge in [0.1, 0.15) is 5.82 Å². The zero-order chi connectivity index (χ0) is 18.7. The lowest BCUT2D eigenvalue weighted by Crippen LogP contribution is -2.31. The van der Waals surface area contributed by atoms with Crippen molar-refractivity contribution in [2.24, 2.45) is 5.92 Å². The van der Waals surface area contributed by atoms with E-state index in [0.29, 0.717) is 50.1 Å². The Balaban J connectivity index is 1.53. The van der Waals surface area contributed by atoms with E-state index in [4.69, 9.17) is 9.26 Å². The van der Waals surface area contributed by atoms with Gasteiger partial charge in [-0.05, 0) is 19.4 Å². The van der Waals surface area contributed by atoms with Crippen LogP contribution in [-0.2, 0) is 36.8 Å². The number of alkyl halides is 3. The molecule has 26 heavy (non-hydrogen) atoms. The summed E-state index contributed by atoms with van der Waals surface area (Å²) in [7, 11) is 3.55. The summed E-state index contributed by atoms with van der Waals surface area (Å²) in [5.74, 6) is 1.89. The predicted octanol–water partition coefficient (Wildman–Crippen LogP) is 2.17. The molecule has 0 unspecified atom stereocenters. The highest BCUT2D eigenvalue weighted by Crippen LogP contribution is 2.30. The Morgan fingerprint density at radius 1 is 1.38 bits per heavy atom. The second kappa shape index (κ2) is 7.75. The molecule has 1 aliphatic heterocycles. The van der Waals surface area contributed by atoms with Crippen LogP contribution in [0, 0.1) is 5.92 Å². The maximum Gasteiger partial charge on any atom is 0.434 e. The highest BCUT2D eigenvalue weighted by molar-refractivity contribution is 5.10. The van der Waals surface area contributed by atoms with Crippen molar-refractivity contribution >= 4 is 0 Å². The molecule has 0 spiro atoms. The molecule has 2 aromatic rings. The summed E-state index contributed by atoms with van der Waals surface area (Å²) in [5.41, 5.74) is -0.809. The second-order valence-electron chi connectivity index (χ2n) is 6.64. The topological polar surface area (TPSA) is 69.2 Å². The molecule has 10 heteroatoms. The Labute approximate surface area is 149 Å². The Kier molecular flexibility index (Phi) is 5.61. The molecule has 1 atom stereocenters. The van der Waals surface area contributed by atoms with Gasteiger partial charge < -0.3 is 13.8 Å². The molecule has 0 aromatic carbocycles. The summed E-state index contributed by atoms with van der Waals surface area (Å²) in [6, 6.07) is 0. The maximum absolute atomic E-state index is 12.8. The second-order valence-corrected chi connectivity index (χ2v) is 6.64. The number of fused-ring (bicyclic) bond motifs is 1. The van der Waals surface area contributed by atoms with Crippen LogP contribution in [0.4, 0.5) is 13.2 Å². The monoisotopic (exact) mass is 373 g/mol. The molecular weight excluding hydrogens is 351 g/mol. The van der Waals surface area contributed by atoms with Crippen LogP contribution in [0.5, 0.6) is 0 Å². The quantitative estimate of drug-likeness (QED) is 0.741. The number of hydrogen-bond donors (Lipinski definition) is 0. The molecular formula is C16H22F3N5O2. The van der Waals surface area contributed by atoms with Crippen LogP contribution >= 0.6 is 0 Å². The van der Waals surface area contributed by atoms with Gasteiger partial charge in [-0.2, -0.15) is 18.2 Å². The van der Waals surface area contributed by atoms with E-state index in [2.05, 4.69) is 15.1 Å². The first-order valence-electron chi connectivity index (χ1n) is 8.47. The third-order valence-corrected chi connectivity index (χ3v) is 4.40. The fourth-order valence-electron chi connectivity index (χ4n) is 3.19. The Morgan fingerprint density at radius 2 is 2.19 bits per heavy atom. The number of ether oxygens (including phenoxy) is 1. The van der Waals surface area contributed by atoms with E-state index in [1.165, 1.54) is 0 Å². The van der Waals surface area contributed by atoms with Crippen molar-refractivity contribution in [3.05, 3.63) is 29.4 Å². The minimum Gasteiger partial charge on any atom is -0.384 e. The number of nitrogens with zero attached hydrogens (tertiary/aromatic N) is 5. The van der Waals surface area contributed by atoms with Gasteiger partial charge in [0.05, 0.1) is 13.2 Å². The number of halogens is 3. The number of imidazole rings is 1. The minimum atomic E-state index is -4.39. The van der Waals surface area contributed by atoms with Crippen molar-refractivity contribution in [1.29, 1.82) is 0 Å². The molecule has 3 rings (SSSR count). The lowest BCUT2D eigenvalue weighted by molar-refractivity contribution is -0.141. The number of aryl methyl sites for hydroxylation is 1. The number of methoxy groups -OCH3 is 1. The van der Waals surface area contributed by atoms with Gasteiger partial charge in [-0.25, -0.2) is 4.98 Å². The molecule has 1 aliphatic rings. The van der Waals surface area contributed by atoms with E-state index in [1.807, 2.05) is 11.9 Å². The molecule has 2 aromatic heterocycles. The van der Waals surface area contributed by atoms with Crippen LogP contribution in [0.25, 0.3) is 0 Å². The van der Waals surface area contributed by atoms with Crippen LogP contribution in [0.3, 0.4) is 0 Å². The SMILES string of the molecule is COCCc1noc(CN(C)C[C@H]2CCc3nc(C(F)(F)F)cn3C2)n1. The highest BCUT2D eigenvalue weighted by atomic mass is 19.4. The maximum atomic E-state index is 12.8. The molecule has 0 saturated heterocycles. The summed E-state index contributed by atoms with van der Waals surface area (Å²) >= 11 is 0. The van der Waals surface area contributed by atoms with Gasteiger partial charge >= 0.3 is 6.18 Å². The summed E-state index contributed by atoms with van der Waals surface area (Å²) in [5, 5.41) is 3.90. The van der Waals surface area contributed by atoms with Crippen molar-refractivity contribution in [2.45, 2.75) is 38.5 Å². The molecule has 0 radical (unpaired) electrons. The summed E-state index contributed by atoms with van der Waals surface area (Å²) in [4.78, 5) is 10.1. The van der Waals surface area contributed by atoms with E-state index >= 15 is 0 Å². The van der Waals surface area contributed by atoms with E-state index in [0.717, 1.165) is 19.2 Å². The molecule has 0 amide bonds. The molecule has 3 heterocycles. The molecule has 0 bridgehead atoms. The van der Waals surface area contributed by atoms with Gasteiger partial charge in [0.15, 0.2) is 11.5 Å². The zero-order valence-electron chi connectivity index (χ0n) is 14.8. The van der Waals surface area contributed by atoms with Crippen LogP contribution in [0.15, 0.2) is 10.7 Å². The van der Waals surface area contributed by atoms with Crippen molar-refractivity contribution < 1.29 is 22.4 Å². The number of rotatable bonds is 7. The minimum absolute atomic E-state index is 0.249. The van der Waals surface area contributed by atoms with E-state index in [1.54, 1.807) is 11.7 Å². The van der Waals surface area contributed by atoms with Gasteiger partial charge in [0.25, 0.3) is 0 Å². The van der Waals surface area contributed by atoms with Crippen molar-refractivity contribution in [3.8, 4) is 0 Å². The number of aromatic nitrogens is 4.